The quantitative estimate of drug-likeness (QED) is 0.363. The van der Waals surface area contributed by atoms with Crippen molar-refractivity contribution in [1.29, 1.82) is 0 Å². The number of rotatable bonds is 6. The van der Waals surface area contributed by atoms with Gasteiger partial charge >= 0.3 is 0 Å². The van der Waals surface area contributed by atoms with Gasteiger partial charge in [0.1, 0.15) is 11.3 Å². The molecule has 32 heavy (non-hydrogen) atoms. The van der Waals surface area contributed by atoms with Gasteiger partial charge in [0.15, 0.2) is 5.76 Å². The van der Waals surface area contributed by atoms with Crippen molar-refractivity contribution in [3.05, 3.63) is 88.6 Å². The molecule has 4 rings (SSSR count). The van der Waals surface area contributed by atoms with Crippen molar-refractivity contribution < 1.29 is 18.7 Å². The van der Waals surface area contributed by atoms with E-state index in [2.05, 4.69) is 10.6 Å². The van der Waals surface area contributed by atoms with Gasteiger partial charge in [-0.3, -0.25) is 9.59 Å². The zero-order valence-electron chi connectivity index (χ0n) is 17.6. The molecule has 162 valence electrons. The maximum atomic E-state index is 12.6. The van der Waals surface area contributed by atoms with E-state index in [-0.39, 0.29) is 17.6 Å². The van der Waals surface area contributed by atoms with Crippen LogP contribution in [0, 0.1) is 6.92 Å². The summed E-state index contributed by atoms with van der Waals surface area (Å²) in [5, 5.41) is 6.92. The Kier molecular flexibility index (Phi) is 6.14. The number of carbonyl (C=O) groups excluding carboxylic acids is 2. The maximum Gasteiger partial charge on any atom is 0.291 e. The van der Waals surface area contributed by atoms with Crippen molar-refractivity contribution >= 4 is 45.8 Å². The third kappa shape index (κ3) is 4.60. The highest BCUT2D eigenvalue weighted by Crippen LogP contribution is 2.27. The fourth-order valence-electron chi connectivity index (χ4n) is 3.28. The first kappa shape index (κ1) is 21.5. The third-order valence-electron chi connectivity index (χ3n) is 4.88. The number of halogens is 1. The number of aryl methyl sites for hydroxylation is 1. The molecule has 0 aliphatic heterocycles. The summed E-state index contributed by atoms with van der Waals surface area (Å²) in [5.74, 6) is 0.125. The average molecular weight is 449 g/mol. The minimum atomic E-state index is -0.342. The number of fused-ring (bicyclic) bond motifs is 1. The predicted octanol–water partition coefficient (Wildman–Crippen LogP) is 6.30. The minimum absolute atomic E-state index is 0.232. The highest BCUT2D eigenvalue weighted by Gasteiger charge is 2.14. The Balaban J connectivity index is 1.45. The van der Waals surface area contributed by atoms with Gasteiger partial charge in [0.25, 0.3) is 11.8 Å². The van der Waals surface area contributed by atoms with Crippen molar-refractivity contribution in [2.24, 2.45) is 0 Å². The van der Waals surface area contributed by atoms with Crippen LogP contribution in [-0.4, -0.2) is 18.4 Å². The van der Waals surface area contributed by atoms with E-state index < -0.39 is 0 Å². The third-order valence-corrected chi connectivity index (χ3v) is 5.17. The number of amides is 2. The van der Waals surface area contributed by atoms with Crippen molar-refractivity contribution in [2.45, 2.75) is 13.8 Å². The van der Waals surface area contributed by atoms with Crippen LogP contribution in [0.3, 0.4) is 0 Å². The summed E-state index contributed by atoms with van der Waals surface area (Å²) in [4.78, 5) is 25.2. The Morgan fingerprint density at radius 3 is 2.50 bits per heavy atom. The molecule has 7 heteroatoms. The van der Waals surface area contributed by atoms with Gasteiger partial charge in [0.2, 0.25) is 0 Å². The fraction of sp³-hybridized carbons (Fsp3) is 0.120. The Bertz CT molecular complexity index is 1280. The highest BCUT2D eigenvalue weighted by atomic mass is 35.5. The first-order valence-electron chi connectivity index (χ1n) is 10.1. The van der Waals surface area contributed by atoms with Crippen molar-refractivity contribution in [2.75, 3.05) is 17.2 Å². The molecule has 6 nitrogen and oxygen atoms in total. The van der Waals surface area contributed by atoms with Crippen LogP contribution in [0.2, 0.25) is 5.02 Å². The lowest BCUT2D eigenvalue weighted by molar-refractivity contribution is 0.0996. The molecule has 0 saturated carbocycles. The topological polar surface area (TPSA) is 80.6 Å². The van der Waals surface area contributed by atoms with Gasteiger partial charge in [-0.15, -0.1) is 0 Å². The Morgan fingerprint density at radius 2 is 1.78 bits per heavy atom. The van der Waals surface area contributed by atoms with Crippen molar-refractivity contribution in [1.82, 2.24) is 0 Å². The molecule has 0 atom stereocenters. The van der Waals surface area contributed by atoms with E-state index in [4.69, 9.17) is 20.8 Å². The summed E-state index contributed by atoms with van der Waals surface area (Å²) in [6.07, 6.45) is 0. The molecule has 2 amide bonds. The number of anilines is 2. The lowest BCUT2D eigenvalue weighted by Crippen LogP contribution is -2.14. The normalized spacial score (nSPS) is 10.7. The summed E-state index contributed by atoms with van der Waals surface area (Å²) in [5.41, 5.74) is 3.08. The molecule has 3 aromatic carbocycles. The SMILES string of the molecule is CCOc1ccc(C(=O)Nc2ccc(NC(=O)c3cc4ccccc4o3)c(C)c2)cc1Cl. The number of hydrogen-bond donors (Lipinski definition) is 2. The standard InChI is InChI=1S/C25H21ClN2O4/c1-3-31-22-11-8-17(13-19(22)26)24(29)27-18-9-10-20(15(2)12-18)28-25(30)23-14-16-6-4-5-7-21(16)32-23/h4-14H,3H2,1-2H3,(H,27,29)(H,28,30). The molecule has 0 aliphatic carbocycles. The summed E-state index contributed by atoms with van der Waals surface area (Å²) < 4.78 is 11.0. The molecular weight excluding hydrogens is 428 g/mol. The zero-order valence-corrected chi connectivity index (χ0v) is 18.3. The van der Waals surface area contributed by atoms with Gasteiger partial charge < -0.3 is 19.8 Å². The number of furan rings is 1. The van der Waals surface area contributed by atoms with Crippen LogP contribution >= 0.6 is 11.6 Å². The van der Waals surface area contributed by atoms with Crippen molar-refractivity contribution in [3.63, 3.8) is 0 Å². The van der Waals surface area contributed by atoms with E-state index in [1.807, 2.05) is 38.1 Å². The van der Waals surface area contributed by atoms with Gasteiger partial charge in [-0.05, 0) is 67.9 Å². The molecule has 0 unspecified atom stereocenters. The maximum absolute atomic E-state index is 12.6. The van der Waals surface area contributed by atoms with Crippen LogP contribution in [0.4, 0.5) is 11.4 Å². The zero-order chi connectivity index (χ0) is 22.7. The van der Waals surface area contributed by atoms with E-state index in [1.165, 1.54) is 0 Å². The minimum Gasteiger partial charge on any atom is -0.492 e. The largest absolute Gasteiger partial charge is 0.492 e. The Hall–Kier alpha value is -3.77. The van der Waals surface area contributed by atoms with Crippen LogP contribution < -0.4 is 15.4 Å². The molecule has 0 saturated heterocycles. The number of hydrogen-bond acceptors (Lipinski definition) is 4. The molecular formula is C25H21ClN2O4. The second kappa shape index (κ2) is 9.16. The van der Waals surface area contributed by atoms with Gasteiger partial charge in [0, 0.05) is 22.3 Å². The van der Waals surface area contributed by atoms with E-state index in [1.54, 1.807) is 42.5 Å². The first-order chi connectivity index (χ1) is 15.4. The molecule has 1 heterocycles. The van der Waals surface area contributed by atoms with Crippen LogP contribution in [0.15, 0.2) is 71.1 Å². The first-order valence-corrected chi connectivity index (χ1v) is 10.5. The van der Waals surface area contributed by atoms with Gasteiger partial charge in [-0.1, -0.05) is 29.8 Å². The second-order valence-corrected chi connectivity index (χ2v) is 7.57. The lowest BCUT2D eigenvalue weighted by atomic mass is 10.1. The average Bonchev–Trinajstić information content (AvgIpc) is 3.21. The molecule has 0 radical (unpaired) electrons. The van der Waals surface area contributed by atoms with Crippen LogP contribution in [0.1, 0.15) is 33.4 Å². The van der Waals surface area contributed by atoms with E-state index >= 15 is 0 Å². The summed E-state index contributed by atoms with van der Waals surface area (Å²) in [7, 11) is 0. The molecule has 1 aromatic heterocycles. The molecule has 2 N–H and O–H groups in total. The monoisotopic (exact) mass is 448 g/mol. The molecule has 0 aliphatic rings. The summed E-state index contributed by atoms with van der Waals surface area (Å²) >= 11 is 6.17. The molecule has 0 spiro atoms. The Labute approximate surface area is 190 Å². The highest BCUT2D eigenvalue weighted by molar-refractivity contribution is 6.32. The van der Waals surface area contributed by atoms with Crippen LogP contribution in [-0.2, 0) is 0 Å². The Morgan fingerprint density at radius 1 is 0.969 bits per heavy atom. The number of nitrogens with one attached hydrogen (secondary N) is 2. The molecule has 0 bridgehead atoms. The van der Waals surface area contributed by atoms with Crippen LogP contribution in [0.5, 0.6) is 5.75 Å². The number of para-hydroxylation sites is 1. The van der Waals surface area contributed by atoms with E-state index in [0.717, 1.165) is 10.9 Å². The van der Waals surface area contributed by atoms with Gasteiger partial charge in [-0.2, -0.15) is 0 Å². The number of benzene rings is 3. The summed E-state index contributed by atoms with van der Waals surface area (Å²) in [6.45, 7) is 4.20. The van der Waals surface area contributed by atoms with Gasteiger partial charge in [0.05, 0.1) is 11.6 Å². The number of ether oxygens (including phenoxy) is 1. The van der Waals surface area contributed by atoms with Crippen LogP contribution in [0.25, 0.3) is 11.0 Å². The summed E-state index contributed by atoms with van der Waals surface area (Å²) in [6, 6.07) is 19.3. The van der Waals surface area contributed by atoms with E-state index in [0.29, 0.717) is 39.9 Å². The second-order valence-electron chi connectivity index (χ2n) is 7.16. The fourth-order valence-corrected chi connectivity index (χ4v) is 3.51. The predicted molar refractivity (Wildman–Crippen MR) is 126 cm³/mol. The smallest absolute Gasteiger partial charge is 0.291 e. The number of carbonyl (C=O) groups is 2. The van der Waals surface area contributed by atoms with Crippen molar-refractivity contribution in [3.8, 4) is 5.75 Å². The molecule has 0 fully saturated rings. The molecule has 4 aromatic rings. The van der Waals surface area contributed by atoms with E-state index in [9.17, 15) is 9.59 Å². The van der Waals surface area contributed by atoms with Gasteiger partial charge in [-0.25, -0.2) is 0 Å². The lowest BCUT2D eigenvalue weighted by Gasteiger charge is -2.11.